The molecule has 0 rings (SSSR count). The fourth-order valence-electron chi connectivity index (χ4n) is 0. The van der Waals surface area contributed by atoms with Gasteiger partial charge in [0.05, 0.1) is 0 Å². The summed E-state index contributed by atoms with van der Waals surface area (Å²) < 4.78 is 39.0. The van der Waals surface area contributed by atoms with Gasteiger partial charge in [-0.05, 0) is 0 Å². The molecule has 6 heavy (non-hydrogen) atoms. The predicted molar refractivity (Wildman–Crippen MR) is 17.3 cm³/mol. The molecule has 0 atom stereocenters. The van der Waals surface area contributed by atoms with Gasteiger partial charge in [-0.25, -0.2) is 0 Å². The first-order valence-electron chi connectivity index (χ1n) is 0.873. The molecule has 0 heterocycles. The Bertz CT molecular complexity index is 23.0. The summed E-state index contributed by atoms with van der Waals surface area (Å²) in [5, 5.41) is 0. The first-order valence-corrected chi connectivity index (χ1v) is 0.873. The summed E-state index contributed by atoms with van der Waals surface area (Å²) >= 11 is 0. The van der Waals surface area contributed by atoms with E-state index in [1.54, 1.807) is 0 Å². The second kappa shape index (κ2) is 2.54. The van der Waals surface area contributed by atoms with E-state index in [0.29, 0.717) is 0 Å². The molecule has 0 unspecified atom stereocenters. The van der Waals surface area contributed by atoms with Gasteiger partial charge in [0.1, 0.15) is 0 Å². The van der Waals surface area contributed by atoms with Crippen LogP contribution in [0.25, 0.3) is 0 Å². The van der Waals surface area contributed by atoms with Crippen molar-refractivity contribution < 1.29 is 17.3 Å². The van der Waals surface area contributed by atoms with Crippen LogP contribution in [0.4, 0.5) is 17.3 Å². The summed E-state index contributed by atoms with van der Waals surface area (Å²) in [7, 11) is -6.00. The molecule has 0 N–H and O–H groups in total. The van der Waals surface area contributed by atoms with E-state index in [-0.39, 0.29) is 18.9 Å². The van der Waals surface area contributed by atoms with E-state index in [4.69, 9.17) is 0 Å². The quantitative estimate of drug-likeness (QED) is 0.306. The van der Waals surface area contributed by atoms with Crippen molar-refractivity contribution in [3.05, 3.63) is 0 Å². The Balaban J connectivity index is 0. The molecule has 0 aromatic carbocycles. The van der Waals surface area contributed by atoms with Crippen LogP contribution in [0.1, 0.15) is 0 Å². The number of hydrogen-bond donors (Lipinski definition) is 0. The zero-order valence-electron chi connectivity index (χ0n) is 2.09. The molecule has 0 spiro atoms. The molecule has 6 heteroatoms. The van der Waals surface area contributed by atoms with Crippen molar-refractivity contribution in [3.8, 4) is 0 Å². The van der Waals surface area contributed by atoms with Gasteiger partial charge in [-0.15, -0.1) is 0 Å². The molecule has 0 aliphatic rings. The van der Waals surface area contributed by atoms with Crippen molar-refractivity contribution in [1.29, 1.82) is 0 Å². The van der Waals surface area contributed by atoms with Gasteiger partial charge in [-0.3, -0.25) is 0 Å². The third-order valence-electron chi connectivity index (χ3n) is 0. The predicted octanol–water partition coefficient (Wildman–Crippen LogP) is 0.651. The standard InChI is InChI=1S/BF4.Li.H/c2-1(3,4)5;;/q-1;;. The molecule has 0 fully saturated rings. The minimum atomic E-state index is -6.00. The fourth-order valence-corrected chi connectivity index (χ4v) is 0. The minimum absolute atomic E-state index is 0. The summed E-state index contributed by atoms with van der Waals surface area (Å²) in [5.41, 5.74) is 0. The summed E-state index contributed by atoms with van der Waals surface area (Å²) in [6.45, 7) is 0. The number of rotatable bonds is 0. The van der Waals surface area contributed by atoms with E-state index >= 15 is 0 Å². The zero-order valence-corrected chi connectivity index (χ0v) is 2.09. The summed E-state index contributed by atoms with van der Waals surface area (Å²) in [6.07, 6.45) is 0. The second-order valence-electron chi connectivity index (χ2n) is 0.495. The maximum absolute atomic E-state index is 9.75. The monoisotopic (exact) mass is 95.0 g/mol. The van der Waals surface area contributed by atoms with E-state index in [2.05, 4.69) is 0 Å². The number of hydrogen-bond acceptors (Lipinski definition) is 0. The molecule has 0 bridgehead atoms. The summed E-state index contributed by atoms with van der Waals surface area (Å²) in [6, 6.07) is 0. The molecule has 0 saturated heterocycles. The van der Waals surface area contributed by atoms with Crippen molar-refractivity contribution in [2.45, 2.75) is 0 Å². The van der Waals surface area contributed by atoms with Crippen LogP contribution in [0.3, 0.4) is 0 Å². The molecular formula is HBF4Li-. The third kappa shape index (κ3) is 343. The molecular weight excluding hydrogens is 93.7 g/mol. The van der Waals surface area contributed by atoms with Crippen LogP contribution in [-0.2, 0) is 0 Å². The Hall–Kier alpha value is 0.382. The molecule has 0 saturated carbocycles. The number of halogens is 4. The molecule has 34 valence electrons. The summed E-state index contributed by atoms with van der Waals surface area (Å²) in [5.74, 6) is 0. The molecule has 0 nitrogen and oxygen atoms in total. The second-order valence-corrected chi connectivity index (χ2v) is 0.495. The van der Waals surface area contributed by atoms with Gasteiger partial charge < -0.3 is 17.3 Å². The Morgan fingerprint density at radius 1 is 0.833 bits per heavy atom. The van der Waals surface area contributed by atoms with Gasteiger partial charge in [-0.1, -0.05) is 0 Å². The first kappa shape index (κ1) is 9.63. The molecule has 0 aromatic rings. The average molecular weight is 94.8 g/mol. The van der Waals surface area contributed by atoms with Gasteiger partial charge >= 0.3 is 26.1 Å². The van der Waals surface area contributed by atoms with Crippen molar-refractivity contribution in [1.82, 2.24) is 0 Å². The summed E-state index contributed by atoms with van der Waals surface area (Å²) in [4.78, 5) is 0. The van der Waals surface area contributed by atoms with Gasteiger partial charge in [-0.2, -0.15) is 0 Å². The molecule has 0 aromatic heterocycles. The average Bonchev–Trinajstić information content (AvgIpc) is 0.722. The van der Waals surface area contributed by atoms with Crippen LogP contribution in [0, 0.1) is 0 Å². The van der Waals surface area contributed by atoms with E-state index in [0.717, 1.165) is 0 Å². The Labute approximate surface area is 44.2 Å². The Kier molecular flexibility index (Phi) is 4.07. The van der Waals surface area contributed by atoms with E-state index in [9.17, 15) is 17.3 Å². The molecule has 0 aliphatic carbocycles. The van der Waals surface area contributed by atoms with Gasteiger partial charge in [0.25, 0.3) is 0 Å². The van der Waals surface area contributed by atoms with Crippen molar-refractivity contribution in [2.75, 3.05) is 0 Å². The van der Waals surface area contributed by atoms with Crippen molar-refractivity contribution >= 4 is 26.1 Å². The van der Waals surface area contributed by atoms with E-state index in [1.807, 2.05) is 0 Å². The van der Waals surface area contributed by atoms with Crippen LogP contribution >= 0.6 is 0 Å². The van der Waals surface area contributed by atoms with E-state index < -0.39 is 7.25 Å². The fraction of sp³-hybridized carbons (Fsp3) is 0. The van der Waals surface area contributed by atoms with Crippen LogP contribution in [0.5, 0.6) is 0 Å². The van der Waals surface area contributed by atoms with Crippen molar-refractivity contribution in [3.63, 3.8) is 0 Å². The van der Waals surface area contributed by atoms with Crippen LogP contribution in [0.2, 0.25) is 0 Å². The molecule has 0 aliphatic heterocycles. The third-order valence-corrected chi connectivity index (χ3v) is 0. The Morgan fingerprint density at radius 2 is 0.833 bits per heavy atom. The van der Waals surface area contributed by atoms with Gasteiger partial charge in [0.15, 0.2) is 0 Å². The van der Waals surface area contributed by atoms with E-state index in [1.165, 1.54) is 0 Å². The molecule has 0 amide bonds. The van der Waals surface area contributed by atoms with Gasteiger partial charge in [0, 0.05) is 0 Å². The molecule has 0 radical (unpaired) electrons. The van der Waals surface area contributed by atoms with Crippen LogP contribution < -0.4 is 0 Å². The normalized spacial score (nSPS) is 10.0. The Morgan fingerprint density at radius 3 is 0.833 bits per heavy atom. The SMILES string of the molecule is F[B-](F)(F)F.[LiH]. The van der Waals surface area contributed by atoms with Crippen LogP contribution in [0.15, 0.2) is 0 Å². The van der Waals surface area contributed by atoms with Crippen molar-refractivity contribution in [2.24, 2.45) is 0 Å². The topological polar surface area (TPSA) is 0 Å². The van der Waals surface area contributed by atoms with Gasteiger partial charge in [0.2, 0.25) is 0 Å². The zero-order chi connectivity index (χ0) is 4.50. The van der Waals surface area contributed by atoms with Crippen LogP contribution in [-0.4, -0.2) is 26.1 Å². The maximum atomic E-state index is 9.75. The first-order chi connectivity index (χ1) is 2.00.